The van der Waals surface area contributed by atoms with Gasteiger partial charge in [-0.15, -0.1) is 0 Å². The Labute approximate surface area is 112 Å². The molecule has 0 saturated carbocycles. The first-order valence-electron chi connectivity index (χ1n) is 6.35. The summed E-state index contributed by atoms with van der Waals surface area (Å²) in [5.74, 6) is 0. The molecule has 0 aromatic heterocycles. The second kappa shape index (κ2) is 4.69. The van der Waals surface area contributed by atoms with Crippen molar-refractivity contribution in [3.8, 4) is 11.1 Å². The van der Waals surface area contributed by atoms with Crippen molar-refractivity contribution in [3.05, 3.63) is 82.5 Å². The largest absolute Gasteiger partial charge is 0.289 e. The van der Waals surface area contributed by atoms with Crippen molar-refractivity contribution >= 4 is 10.8 Å². The number of aryl methyl sites for hydroxylation is 1. The lowest BCUT2D eigenvalue weighted by atomic mass is 10.1. The molecule has 0 amide bonds. The minimum absolute atomic E-state index is 0.0994. The van der Waals surface area contributed by atoms with Gasteiger partial charge in [0, 0.05) is 5.56 Å². The van der Waals surface area contributed by atoms with Gasteiger partial charge in [0.05, 0.1) is 0 Å². The van der Waals surface area contributed by atoms with Crippen LogP contribution >= 0.6 is 0 Å². The summed E-state index contributed by atoms with van der Waals surface area (Å²) in [4.78, 5) is 12.5. The molecule has 0 bridgehead atoms. The van der Waals surface area contributed by atoms with Gasteiger partial charge < -0.3 is 0 Å². The Morgan fingerprint density at radius 2 is 1.32 bits per heavy atom. The van der Waals surface area contributed by atoms with Crippen LogP contribution in [-0.4, -0.2) is 0 Å². The Kier molecular flexibility index (Phi) is 2.88. The third kappa shape index (κ3) is 2.15. The molecule has 3 aromatic rings. The lowest BCUT2D eigenvalue weighted by Gasteiger charge is -1.97. The zero-order valence-electron chi connectivity index (χ0n) is 10.8. The number of fused-ring (bicyclic) bond motifs is 1. The Hall–Kier alpha value is -2.41. The topological polar surface area (TPSA) is 17.1 Å². The van der Waals surface area contributed by atoms with E-state index in [9.17, 15) is 4.79 Å². The van der Waals surface area contributed by atoms with E-state index in [0.29, 0.717) is 0 Å². The highest BCUT2D eigenvalue weighted by atomic mass is 16.1. The van der Waals surface area contributed by atoms with Gasteiger partial charge in [0.25, 0.3) is 0 Å². The van der Waals surface area contributed by atoms with Gasteiger partial charge in [0.15, 0.2) is 5.43 Å². The Balaban J connectivity index is 2.43. The molecule has 0 fully saturated rings. The highest BCUT2D eigenvalue weighted by Crippen LogP contribution is 2.20. The van der Waals surface area contributed by atoms with Crippen LogP contribution in [0.1, 0.15) is 5.56 Å². The first-order chi connectivity index (χ1) is 9.25. The first-order valence-corrected chi connectivity index (χ1v) is 6.35. The van der Waals surface area contributed by atoms with E-state index >= 15 is 0 Å². The summed E-state index contributed by atoms with van der Waals surface area (Å²) in [6.45, 7) is 1.88. The van der Waals surface area contributed by atoms with Crippen LogP contribution in [0, 0.1) is 6.92 Å². The maximum absolute atomic E-state index is 12.5. The van der Waals surface area contributed by atoms with E-state index in [0.717, 1.165) is 27.5 Å². The summed E-state index contributed by atoms with van der Waals surface area (Å²) in [6.07, 6.45) is 0. The molecule has 19 heavy (non-hydrogen) atoms. The van der Waals surface area contributed by atoms with E-state index in [1.165, 1.54) is 0 Å². The van der Waals surface area contributed by atoms with Crippen molar-refractivity contribution in [1.29, 1.82) is 0 Å². The molecule has 0 atom stereocenters. The highest BCUT2D eigenvalue weighted by molar-refractivity contribution is 5.86. The molecule has 92 valence electrons. The van der Waals surface area contributed by atoms with Crippen molar-refractivity contribution in [2.45, 2.75) is 6.92 Å². The van der Waals surface area contributed by atoms with Crippen LogP contribution in [0.5, 0.6) is 0 Å². The van der Waals surface area contributed by atoms with Crippen LogP contribution in [0.25, 0.3) is 21.9 Å². The summed E-state index contributed by atoms with van der Waals surface area (Å²) in [5, 5.41) is 2.19. The van der Waals surface area contributed by atoms with E-state index in [2.05, 4.69) is 0 Å². The third-order valence-electron chi connectivity index (χ3n) is 3.36. The molecule has 1 nitrogen and oxygen atoms in total. The fraction of sp³-hybridized carbons (Fsp3) is 0.0556. The lowest BCUT2D eigenvalue weighted by Crippen LogP contribution is -2.04. The van der Waals surface area contributed by atoms with E-state index < -0.39 is 0 Å². The minimum Gasteiger partial charge on any atom is -0.289 e. The molecule has 0 aliphatic heterocycles. The monoisotopic (exact) mass is 246 g/mol. The average Bonchev–Trinajstić information content (AvgIpc) is 2.58. The minimum atomic E-state index is 0.0994. The molecule has 0 aliphatic rings. The Morgan fingerprint density at radius 3 is 2.00 bits per heavy atom. The molecule has 0 spiro atoms. The SMILES string of the molecule is Cc1cc2ccccc2cc(-c2ccccc2)c1=O. The van der Waals surface area contributed by atoms with Crippen molar-refractivity contribution in [2.75, 3.05) is 0 Å². The van der Waals surface area contributed by atoms with Gasteiger partial charge in [-0.2, -0.15) is 0 Å². The average molecular weight is 246 g/mol. The van der Waals surface area contributed by atoms with Crippen molar-refractivity contribution in [2.24, 2.45) is 0 Å². The first kappa shape index (κ1) is 11.7. The number of hydrogen-bond acceptors (Lipinski definition) is 1. The van der Waals surface area contributed by atoms with Gasteiger partial charge in [-0.25, -0.2) is 0 Å². The fourth-order valence-corrected chi connectivity index (χ4v) is 2.34. The van der Waals surface area contributed by atoms with Gasteiger partial charge >= 0.3 is 0 Å². The Morgan fingerprint density at radius 1 is 0.737 bits per heavy atom. The zero-order valence-corrected chi connectivity index (χ0v) is 10.8. The van der Waals surface area contributed by atoms with Gasteiger partial charge in [-0.05, 0) is 41.0 Å². The maximum atomic E-state index is 12.5. The normalized spacial score (nSPS) is 10.6. The molecule has 0 N–H and O–H groups in total. The number of benzene rings is 2. The van der Waals surface area contributed by atoms with Crippen LogP contribution in [0.3, 0.4) is 0 Å². The molecule has 0 radical (unpaired) electrons. The van der Waals surface area contributed by atoms with Crippen LogP contribution < -0.4 is 5.43 Å². The second-order valence-corrected chi connectivity index (χ2v) is 4.71. The molecule has 0 unspecified atom stereocenters. The molecular weight excluding hydrogens is 232 g/mol. The van der Waals surface area contributed by atoms with Crippen molar-refractivity contribution in [3.63, 3.8) is 0 Å². The number of hydrogen-bond donors (Lipinski definition) is 0. The molecule has 0 aliphatic carbocycles. The lowest BCUT2D eigenvalue weighted by molar-refractivity contribution is 1.43. The molecular formula is C18H14O. The van der Waals surface area contributed by atoms with E-state index in [-0.39, 0.29) is 5.43 Å². The van der Waals surface area contributed by atoms with Gasteiger partial charge in [0.1, 0.15) is 0 Å². The maximum Gasteiger partial charge on any atom is 0.189 e. The van der Waals surface area contributed by atoms with Gasteiger partial charge in [-0.1, -0.05) is 54.6 Å². The quantitative estimate of drug-likeness (QED) is 0.629. The molecule has 1 heteroatoms. The smallest absolute Gasteiger partial charge is 0.189 e. The third-order valence-corrected chi connectivity index (χ3v) is 3.36. The summed E-state index contributed by atoms with van der Waals surface area (Å²) >= 11 is 0. The van der Waals surface area contributed by atoms with E-state index in [1.807, 2.05) is 73.7 Å². The molecule has 0 saturated heterocycles. The number of rotatable bonds is 1. The summed E-state index contributed by atoms with van der Waals surface area (Å²) in [7, 11) is 0. The van der Waals surface area contributed by atoms with Crippen molar-refractivity contribution in [1.82, 2.24) is 0 Å². The summed E-state index contributed by atoms with van der Waals surface area (Å²) < 4.78 is 0. The summed E-state index contributed by atoms with van der Waals surface area (Å²) in [5.41, 5.74) is 2.61. The second-order valence-electron chi connectivity index (χ2n) is 4.71. The standard InChI is InChI=1S/C18H14O/c1-13-11-15-9-5-6-10-16(15)12-17(18(13)19)14-7-3-2-4-8-14/h2-12H,1H3. The van der Waals surface area contributed by atoms with E-state index in [4.69, 9.17) is 0 Å². The fourth-order valence-electron chi connectivity index (χ4n) is 2.34. The van der Waals surface area contributed by atoms with E-state index in [1.54, 1.807) is 0 Å². The van der Waals surface area contributed by atoms with Crippen LogP contribution in [0.2, 0.25) is 0 Å². The zero-order chi connectivity index (χ0) is 13.2. The van der Waals surface area contributed by atoms with Crippen LogP contribution in [0.15, 0.2) is 71.5 Å². The Bertz CT molecular complexity index is 789. The predicted molar refractivity (Wildman–Crippen MR) is 80.4 cm³/mol. The van der Waals surface area contributed by atoms with Crippen LogP contribution in [0.4, 0.5) is 0 Å². The van der Waals surface area contributed by atoms with Crippen LogP contribution in [-0.2, 0) is 0 Å². The predicted octanol–water partition coefficient (Wildman–Crippen LogP) is 4.18. The molecule has 0 heterocycles. The summed E-state index contributed by atoms with van der Waals surface area (Å²) in [6, 6.07) is 21.9. The van der Waals surface area contributed by atoms with Crippen molar-refractivity contribution < 1.29 is 0 Å². The van der Waals surface area contributed by atoms with Gasteiger partial charge in [-0.3, -0.25) is 4.79 Å². The van der Waals surface area contributed by atoms with Gasteiger partial charge in [0.2, 0.25) is 0 Å². The molecule has 3 aromatic carbocycles. The molecule has 3 rings (SSSR count). The highest BCUT2D eigenvalue weighted by Gasteiger charge is 2.05.